The van der Waals surface area contributed by atoms with Crippen LogP contribution in [0.15, 0.2) is 54.1 Å². The van der Waals surface area contributed by atoms with Crippen molar-refractivity contribution in [3.8, 4) is 5.75 Å². The van der Waals surface area contributed by atoms with Gasteiger partial charge in [0.2, 0.25) is 0 Å². The van der Waals surface area contributed by atoms with Gasteiger partial charge in [0.05, 0.1) is 5.56 Å². The van der Waals surface area contributed by atoms with E-state index in [9.17, 15) is 14.4 Å². The molecule has 1 saturated heterocycles. The molecule has 26 heavy (non-hydrogen) atoms. The highest BCUT2D eigenvalue weighted by molar-refractivity contribution is 7.80. The highest BCUT2D eigenvalue weighted by atomic mass is 32.1. The summed E-state index contributed by atoms with van der Waals surface area (Å²) in [6, 6.07) is 13.5. The Morgan fingerprint density at radius 2 is 1.54 bits per heavy atom. The van der Waals surface area contributed by atoms with E-state index in [2.05, 4.69) is 10.6 Å². The van der Waals surface area contributed by atoms with E-state index in [0.717, 1.165) is 5.56 Å². The van der Waals surface area contributed by atoms with Crippen molar-refractivity contribution >= 4 is 41.2 Å². The Labute approximate surface area is 154 Å². The van der Waals surface area contributed by atoms with Gasteiger partial charge < -0.3 is 4.74 Å². The molecule has 0 bridgehead atoms. The predicted molar refractivity (Wildman–Crippen MR) is 99.4 cm³/mol. The molecular weight excluding hydrogens is 352 g/mol. The van der Waals surface area contributed by atoms with E-state index in [1.54, 1.807) is 36.4 Å². The Morgan fingerprint density at radius 1 is 0.962 bits per heavy atom. The van der Waals surface area contributed by atoms with Gasteiger partial charge in [-0.2, -0.15) is 0 Å². The van der Waals surface area contributed by atoms with Crippen molar-refractivity contribution in [2.45, 2.75) is 6.92 Å². The summed E-state index contributed by atoms with van der Waals surface area (Å²) in [7, 11) is 0. The van der Waals surface area contributed by atoms with Crippen LogP contribution in [0, 0.1) is 6.92 Å². The summed E-state index contributed by atoms with van der Waals surface area (Å²) >= 11 is 4.74. The first kappa shape index (κ1) is 17.5. The molecule has 6 nitrogen and oxygen atoms in total. The second-order valence-electron chi connectivity index (χ2n) is 5.62. The molecule has 2 aromatic rings. The van der Waals surface area contributed by atoms with E-state index in [-0.39, 0.29) is 10.7 Å². The number of ether oxygens (including phenoxy) is 1. The Balaban J connectivity index is 1.72. The number of amides is 2. The van der Waals surface area contributed by atoms with Gasteiger partial charge in [0.1, 0.15) is 11.3 Å². The second kappa shape index (κ2) is 7.28. The standard InChI is InChI=1S/C19H14N2O4S/c1-11-2-6-13(7-3-11)18(24)25-14-8-4-12(5-9-14)10-15-16(22)20-19(26)21-17(15)23/h2-10H,1H3,(H2,20,21,22,23,26). The molecule has 3 rings (SSSR count). The molecular formula is C19H14N2O4S. The molecule has 2 amide bonds. The maximum Gasteiger partial charge on any atom is 0.343 e. The van der Waals surface area contributed by atoms with Crippen LogP contribution in [0.4, 0.5) is 0 Å². The van der Waals surface area contributed by atoms with Crippen LogP contribution >= 0.6 is 12.2 Å². The first-order valence-electron chi connectivity index (χ1n) is 7.69. The molecule has 0 saturated carbocycles. The molecule has 2 aromatic carbocycles. The lowest BCUT2D eigenvalue weighted by atomic mass is 10.1. The van der Waals surface area contributed by atoms with Crippen molar-refractivity contribution in [2.24, 2.45) is 0 Å². The van der Waals surface area contributed by atoms with Crippen LogP contribution in [0.3, 0.4) is 0 Å². The van der Waals surface area contributed by atoms with Gasteiger partial charge in [0, 0.05) is 0 Å². The molecule has 1 aliphatic heterocycles. The minimum atomic E-state index is -0.561. The molecule has 0 aliphatic carbocycles. The normalized spacial score (nSPS) is 13.7. The van der Waals surface area contributed by atoms with Crippen LogP contribution < -0.4 is 15.4 Å². The van der Waals surface area contributed by atoms with Crippen molar-refractivity contribution in [1.82, 2.24) is 10.6 Å². The number of carbonyl (C=O) groups excluding carboxylic acids is 3. The van der Waals surface area contributed by atoms with E-state index >= 15 is 0 Å². The molecule has 1 aliphatic rings. The molecule has 0 radical (unpaired) electrons. The zero-order chi connectivity index (χ0) is 18.7. The van der Waals surface area contributed by atoms with Crippen LogP contribution in [0.1, 0.15) is 21.5 Å². The summed E-state index contributed by atoms with van der Waals surface area (Å²) in [6.45, 7) is 1.93. The van der Waals surface area contributed by atoms with Crippen LogP contribution in [0.2, 0.25) is 0 Å². The maximum atomic E-state index is 12.1. The van der Waals surface area contributed by atoms with Gasteiger partial charge in [0.15, 0.2) is 5.11 Å². The third-order valence-electron chi connectivity index (χ3n) is 3.63. The maximum absolute atomic E-state index is 12.1. The Hall–Kier alpha value is -3.32. The van der Waals surface area contributed by atoms with E-state index in [1.807, 2.05) is 19.1 Å². The van der Waals surface area contributed by atoms with Gasteiger partial charge in [-0.3, -0.25) is 20.2 Å². The molecule has 130 valence electrons. The number of thiocarbonyl (C=S) groups is 1. The molecule has 0 spiro atoms. The van der Waals surface area contributed by atoms with Crippen LogP contribution in [0.5, 0.6) is 5.75 Å². The number of aryl methyl sites for hydroxylation is 1. The summed E-state index contributed by atoms with van der Waals surface area (Å²) in [5.41, 5.74) is 2.06. The molecule has 7 heteroatoms. The van der Waals surface area contributed by atoms with Crippen molar-refractivity contribution in [3.63, 3.8) is 0 Å². The van der Waals surface area contributed by atoms with Crippen molar-refractivity contribution < 1.29 is 19.1 Å². The minimum absolute atomic E-state index is 0.0180. The second-order valence-corrected chi connectivity index (χ2v) is 6.03. The molecule has 1 fully saturated rings. The fourth-order valence-electron chi connectivity index (χ4n) is 2.26. The Bertz CT molecular complexity index is 909. The fraction of sp³-hybridized carbons (Fsp3) is 0.0526. The average Bonchev–Trinajstić information content (AvgIpc) is 2.60. The number of hydrogen-bond donors (Lipinski definition) is 2. The number of benzene rings is 2. The number of hydrogen-bond acceptors (Lipinski definition) is 5. The topological polar surface area (TPSA) is 84.5 Å². The lowest BCUT2D eigenvalue weighted by molar-refractivity contribution is -0.123. The quantitative estimate of drug-likeness (QED) is 0.286. The number of nitrogens with one attached hydrogen (secondary N) is 2. The van der Waals surface area contributed by atoms with Gasteiger partial charge >= 0.3 is 5.97 Å². The van der Waals surface area contributed by atoms with Gasteiger partial charge in [-0.15, -0.1) is 0 Å². The molecule has 1 heterocycles. The van der Waals surface area contributed by atoms with Crippen molar-refractivity contribution in [1.29, 1.82) is 0 Å². The lowest BCUT2D eigenvalue weighted by Crippen LogP contribution is -2.51. The third-order valence-corrected chi connectivity index (χ3v) is 3.84. The van der Waals surface area contributed by atoms with Gasteiger partial charge in [0.25, 0.3) is 11.8 Å². The van der Waals surface area contributed by atoms with E-state index < -0.39 is 17.8 Å². The van der Waals surface area contributed by atoms with Gasteiger partial charge in [-0.25, -0.2) is 4.79 Å². The van der Waals surface area contributed by atoms with E-state index in [4.69, 9.17) is 17.0 Å². The minimum Gasteiger partial charge on any atom is -0.423 e. The SMILES string of the molecule is Cc1ccc(C(=O)Oc2ccc(C=C3C(=O)NC(=S)NC3=O)cc2)cc1. The number of esters is 1. The van der Waals surface area contributed by atoms with Crippen molar-refractivity contribution in [2.75, 3.05) is 0 Å². The molecule has 0 aromatic heterocycles. The summed E-state index contributed by atoms with van der Waals surface area (Å²) < 4.78 is 5.31. The highest BCUT2D eigenvalue weighted by Crippen LogP contribution is 2.17. The smallest absolute Gasteiger partial charge is 0.343 e. The highest BCUT2D eigenvalue weighted by Gasteiger charge is 2.25. The number of carbonyl (C=O) groups is 3. The Morgan fingerprint density at radius 3 is 2.12 bits per heavy atom. The van der Waals surface area contributed by atoms with E-state index in [1.165, 1.54) is 6.08 Å². The van der Waals surface area contributed by atoms with Gasteiger partial charge in [-0.05, 0) is 55.0 Å². The third kappa shape index (κ3) is 4.01. The van der Waals surface area contributed by atoms with Gasteiger partial charge in [-0.1, -0.05) is 29.8 Å². The average molecular weight is 366 g/mol. The largest absolute Gasteiger partial charge is 0.423 e. The van der Waals surface area contributed by atoms with E-state index in [0.29, 0.717) is 16.9 Å². The zero-order valence-corrected chi connectivity index (χ0v) is 14.6. The fourth-order valence-corrected chi connectivity index (χ4v) is 2.45. The van der Waals surface area contributed by atoms with Crippen LogP contribution in [-0.4, -0.2) is 22.9 Å². The van der Waals surface area contributed by atoms with Crippen molar-refractivity contribution in [3.05, 3.63) is 70.8 Å². The summed E-state index contributed by atoms with van der Waals surface area (Å²) in [4.78, 5) is 35.7. The zero-order valence-electron chi connectivity index (χ0n) is 13.7. The molecule has 2 N–H and O–H groups in total. The molecule has 0 atom stereocenters. The lowest BCUT2D eigenvalue weighted by Gasteiger charge is -2.16. The molecule has 0 unspecified atom stereocenters. The summed E-state index contributed by atoms with van der Waals surface area (Å²) in [5, 5.41) is 4.71. The summed E-state index contributed by atoms with van der Waals surface area (Å²) in [6.07, 6.45) is 1.43. The van der Waals surface area contributed by atoms with Crippen LogP contribution in [0.25, 0.3) is 6.08 Å². The van der Waals surface area contributed by atoms with Crippen LogP contribution in [-0.2, 0) is 9.59 Å². The monoisotopic (exact) mass is 366 g/mol. The summed E-state index contributed by atoms with van der Waals surface area (Å²) in [5.74, 6) is -1.23. The number of rotatable bonds is 3. The predicted octanol–water partition coefficient (Wildman–Crippen LogP) is 2.13. The Kier molecular flexibility index (Phi) is 4.90. The first-order valence-corrected chi connectivity index (χ1v) is 8.10. The first-order chi connectivity index (χ1) is 12.4.